The van der Waals surface area contributed by atoms with Crippen molar-refractivity contribution in [3.63, 3.8) is 0 Å². The zero-order valence-corrected chi connectivity index (χ0v) is 12.8. The number of benzene rings is 2. The number of carbonyl (C=O) groups excluding carboxylic acids is 1. The van der Waals surface area contributed by atoms with E-state index in [1.165, 1.54) is 0 Å². The van der Waals surface area contributed by atoms with Crippen molar-refractivity contribution in [3.8, 4) is 0 Å². The average molecular weight is 305 g/mol. The maximum absolute atomic E-state index is 12.3. The Balaban J connectivity index is 1.72. The molecule has 0 unspecified atom stereocenters. The van der Waals surface area contributed by atoms with E-state index in [2.05, 4.69) is 29.6 Å². The molecule has 1 N–H and O–H groups in total. The van der Waals surface area contributed by atoms with E-state index in [0.29, 0.717) is 13.0 Å². The molecular formula is C20H19NO2. The molecule has 3 rings (SSSR count). The number of rotatable bonds is 6. The predicted molar refractivity (Wildman–Crippen MR) is 89.9 cm³/mol. The standard InChI is InChI=1S/C20H19NO2/c22-20(21-15-18-12-7-13-23-18)14-19(16-8-3-1-4-9-16)17-10-5-2-6-11-17/h1-13,19H,14-15H2,(H,21,22). The van der Waals surface area contributed by atoms with Crippen LogP contribution in [-0.4, -0.2) is 5.91 Å². The van der Waals surface area contributed by atoms with Crippen LogP contribution < -0.4 is 5.32 Å². The summed E-state index contributed by atoms with van der Waals surface area (Å²) >= 11 is 0. The third kappa shape index (κ3) is 4.10. The lowest BCUT2D eigenvalue weighted by molar-refractivity contribution is -0.121. The maximum atomic E-state index is 12.3. The molecule has 0 aliphatic heterocycles. The van der Waals surface area contributed by atoms with Gasteiger partial charge in [-0.1, -0.05) is 60.7 Å². The molecule has 0 spiro atoms. The summed E-state index contributed by atoms with van der Waals surface area (Å²) in [6.45, 7) is 0.419. The van der Waals surface area contributed by atoms with Gasteiger partial charge in [-0.15, -0.1) is 0 Å². The highest BCUT2D eigenvalue weighted by Gasteiger charge is 2.18. The summed E-state index contributed by atoms with van der Waals surface area (Å²) in [7, 11) is 0. The summed E-state index contributed by atoms with van der Waals surface area (Å²) < 4.78 is 5.24. The van der Waals surface area contributed by atoms with Gasteiger partial charge in [0.1, 0.15) is 5.76 Å². The van der Waals surface area contributed by atoms with Crippen LogP contribution in [0.3, 0.4) is 0 Å². The van der Waals surface area contributed by atoms with Crippen LogP contribution in [0, 0.1) is 0 Å². The molecule has 2 aromatic carbocycles. The van der Waals surface area contributed by atoms with E-state index in [9.17, 15) is 4.79 Å². The number of hydrogen-bond donors (Lipinski definition) is 1. The Morgan fingerprint density at radius 1 is 0.870 bits per heavy atom. The quantitative estimate of drug-likeness (QED) is 0.744. The van der Waals surface area contributed by atoms with Crippen LogP contribution >= 0.6 is 0 Å². The van der Waals surface area contributed by atoms with Gasteiger partial charge < -0.3 is 9.73 Å². The normalized spacial score (nSPS) is 10.7. The van der Waals surface area contributed by atoms with Crippen LogP contribution in [0.1, 0.15) is 29.2 Å². The van der Waals surface area contributed by atoms with Crippen molar-refractivity contribution in [1.82, 2.24) is 5.32 Å². The van der Waals surface area contributed by atoms with Crippen molar-refractivity contribution in [1.29, 1.82) is 0 Å². The fraction of sp³-hybridized carbons (Fsp3) is 0.150. The third-order valence-corrected chi connectivity index (χ3v) is 3.83. The van der Waals surface area contributed by atoms with E-state index in [-0.39, 0.29) is 11.8 Å². The largest absolute Gasteiger partial charge is 0.467 e. The van der Waals surface area contributed by atoms with Gasteiger partial charge in [0.05, 0.1) is 12.8 Å². The van der Waals surface area contributed by atoms with Crippen LogP contribution in [0.4, 0.5) is 0 Å². The first-order chi connectivity index (χ1) is 11.3. The van der Waals surface area contributed by atoms with Crippen LogP contribution in [0.2, 0.25) is 0 Å². The van der Waals surface area contributed by atoms with Crippen molar-refractivity contribution in [2.45, 2.75) is 18.9 Å². The van der Waals surface area contributed by atoms with Crippen molar-refractivity contribution < 1.29 is 9.21 Å². The molecule has 0 aliphatic carbocycles. The molecule has 3 heteroatoms. The van der Waals surface area contributed by atoms with E-state index in [1.807, 2.05) is 48.5 Å². The molecule has 0 bridgehead atoms. The molecule has 0 aliphatic rings. The predicted octanol–water partition coefficient (Wildman–Crippen LogP) is 4.12. The summed E-state index contributed by atoms with van der Waals surface area (Å²) in [4.78, 5) is 12.3. The lowest BCUT2D eigenvalue weighted by Crippen LogP contribution is -2.24. The topological polar surface area (TPSA) is 42.2 Å². The second-order valence-corrected chi connectivity index (χ2v) is 5.43. The lowest BCUT2D eigenvalue weighted by Gasteiger charge is -2.17. The van der Waals surface area contributed by atoms with Gasteiger partial charge in [0.25, 0.3) is 0 Å². The fourth-order valence-corrected chi connectivity index (χ4v) is 2.66. The van der Waals surface area contributed by atoms with Gasteiger partial charge in [0.15, 0.2) is 0 Å². The molecule has 0 fully saturated rings. The smallest absolute Gasteiger partial charge is 0.221 e. The summed E-state index contributed by atoms with van der Waals surface area (Å²) in [6.07, 6.45) is 2.02. The molecule has 0 saturated heterocycles. The minimum Gasteiger partial charge on any atom is -0.467 e. The second kappa shape index (κ2) is 7.45. The van der Waals surface area contributed by atoms with Crippen LogP contribution in [0.15, 0.2) is 83.5 Å². The lowest BCUT2D eigenvalue weighted by atomic mass is 9.88. The van der Waals surface area contributed by atoms with E-state index in [1.54, 1.807) is 6.26 Å². The Morgan fingerprint density at radius 2 is 1.48 bits per heavy atom. The molecular weight excluding hydrogens is 286 g/mol. The molecule has 1 aromatic heterocycles. The van der Waals surface area contributed by atoms with E-state index < -0.39 is 0 Å². The zero-order chi connectivity index (χ0) is 15.9. The molecule has 3 nitrogen and oxygen atoms in total. The minimum absolute atomic E-state index is 0.0131. The van der Waals surface area contributed by atoms with Gasteiger partial charge >= 0.3 is 0 Å². The number of nitrogens with one attached hydrogen (secondary N) is 1. The van der Waals surface area contributed by atoms with Gasteiger partial charge in [-0.05, 0) is 23.3 Å². The summed E-state index contributed by atoms with van der Waals surface area (Å²) in [6, 6.07) is 23.9. The molecule has 116 valence electrons. The fourth-order valence-electron chi connectivity index (χ4n) is 2.66. The number of amides is 1. The Kier molecular flexibility index (Phi) is 4.89. The van der Waals surface area contributed by atoms with Crippen LogP contribution in [0.25, 0.3) is 0 Å². The van der Waals surface area contributed by atoms with Crippen LogP contribution in [0.5, 0.6) is 0 Å². The Labute approximate surface area is 136 Å². The summed E-state index contributed by atoms with van der Waals surface area (Å²) in [5.41, 5.74) is 2.29. The zero-order valence-electron chi connectivity index (χ0n) is 12.8. The van der Waals surface area contributed by atoms with Crippen molar-refractivity contribution >= 4 is 5.91 Å². The SMILES string of the molecule is O=C(CC(c1ccccc1)c1ccccc1)NCc1ccco1. The Hall–Kier alpha value is -2.81. The van der Waals surface area contributed by atoms with Crippen LogP contribution in [-0.2, 0) is 11.3 Å². The average Bonchev–Trinajstić information content (AvgIpc) is 3.13. The molecule has 0 radical (unpaired) electrons. The van der Waals surface area contributed by atoms with Gasteiger partial charge in [0, 0.05) is 12.3 Å². The highest BCUT2D eigenvalue weighted by Crippen LogP contribution is 2.27. The highest BCUT2D eigenvalue weighted by molar-refractivity contribution is 5.77. The first-order valence-electron chi connectivity index (χ1n) is 7.72. The summed E-state index contributed by atoms with van der Waals surface area (Å²) in [5.74, 6) is 0.822. The highest BCUT2D eigenvalue weighted by atomic mass is 16.3. The van der Waals surface area contributed by atoms with Gasteiger partial charge in [-0.2, -0.15) is 0 Å². The van der Waals surface area contributed by atoms with Gasteiger partial charge in [-0.3, -0.25) is 4.79 Å². The first-order valence-corrected chi connectivity index (χ1v) is 7.72. The number of carbonyl (C=O) groups is 1. The van der Waals surface area contributed by atoms with E-state index in [0.717, 1.165) is 16.9 Å². The third-order valence-electron chi connectivity index (χ3n) is 3.83. The van der Waals surface area contributed by atoms with Crippen molar-refractivity contribution in [2.24, 2.45) is 0 Å². The molecule has 23 heavy (non-hydrogen) atoms. The summed E-state index contributed by atoms with van der Waals surface area (Å²) in [5, 5.41) is 2.92. The van der Waals surface area contributed by atoms with Crippen molar-refractivity contribution in [2.75, 3.05) is 0 Å². The number of furan rings is 1. The maximum Gasteiger partial charge on any atom is 0.221 e. The van der Waals surface area contributed by atoms with Gasteiger partial charge in [-0.25, -0.2) is 0 Å². The second-order valence-electron chi connectivity index (χ2n) is 5.43. The molecule has 0 atom stereocenters. The molecule has 0 saturated carbocycles. The number of hydrogen-bond acceptors (Lipinski definition) is 2. The minimum atomic E-state index is 0.0131. The molecule has 3 aromatic rings. The monoisotopic (exact) mass is 305 g/mol. The Bertz CT molecular complexity index is 681. The Morgan fingerprint density at radius 3 is 2.00 bits per heavy atom. The van der Waals surface area contributed by atoms with Gasteiger partial charge in [0.2, 0.25) is 5.91 Å². The van der Waals surface area contributed by atoms with E-state index >= 15 is 0 Å². The molecule has 1 heterocycles. The first kappa shape index (κ1) is 15.1. The van der Waals surface area contributed by atoms with Crippen molar-refractivity contribution in [3.05, 3.63) is 95.9 Å². The molecule has 1 amide bonds. The van der Waals surface area contributed by atoms with E-state index in [4.69, 9.17) is 4.42 Å².